The van der Waals surface area contributed by atoms with Gasteiger partial charge in [0.15, 0.2) is 0 Å². The second-order valence-electron chi connectivity index (χ2n) is 6.34. The number of carbonyl (C=O) groups is 1. The van der Waals surface area contributed by atoms with Crippen molar-refractivity contribution in [3.63, 3.8) is 0 Å². The third-order valence-corrected chi connectivity index (χ3v) is 3.96. The molecule has 0 aromatic carbocycles. The van der Waals surface area contributed by atoms with E-state index in [0.29, 0.717) is 5.41 Å². The van der Waals surface area contributed by atoms with Gasteiger partial charge < -0.3 is 11.1 Å². The first-order valence-corrected chi connectivity index (χ1v) is 5.66. The van der Waals surface area contributed by atoms with Crippen LogP contribution in [0.5, 0.6) is 0 Å². The summed E-state index contributed by atoms with van der Waals surface area (Å²) in [5.41, 5.74) is 5.33. The van der Waals surface area contributed by atoms with Crippen LogP contribution in [0.1, 0.15) is 47.5 Å². The lowest BCUT2D eigenvalue weighted by atomic mass is 9.74. The summed E-state index contributed by atoms with van der Waals surface area (Å²) in [6, 6.07) is 0. The van der Waals surface area contributed by atoms with Crippen molar-refractivity contribution in [1.29, 1.82) is 0 Å². The van der Waals surface area contributed by atoms with Crippen molar-refractivity contribution in [2.24, 2.45) is 16.6 Å². The van der Waals surface area contributed by atoms with Gasteiger partial charge in [0.05, 0.1) is 5.41 Å². The van der Waals surface area contributed by atoms with Gasteiger partial charge in [-0.15, -0.1) is 0 Å². The van der Waals surface area contributed by atoms with Crippen molar-refractivity contribution in [1.82, 2.24) is 5.32 Å². The fourth-order valence-electron chi connectivity index (χ4n) is 1.20. The van der Waals surface area contributed by atoms with Crippen LogP contribution in [0.25, 0.3) is 0 Å². The summed E-state index contributed by atoms with van der Waals surface area (Å²) in [6.45, 7) is 10.6. The van der Waals surface area contributed by atoms with E-state index < -0.39 is 11.0 Å². The molecule has 0 atom stereocenters. The number of nitrogens with one attached hydrogen (secondary N) is 1. The SMILES string of the molecule is CC1(CNC(=O)C(C)(C)C(C)(C)N)CC1. The third-order valence-electron chi connectivity index (χ3n) is 3.96. The Morgan fingerprint density at radius 2 is 1.80 bits per heavy atom. The summed E-state index contributed by atoms with van der Waals surface area (Å²) in [6.07, 6.45) is 2.44. The van der Waals surface area contributed by atoms with Gasteiger partial charge in [0.25, 0.3) is 0 Å². The van der Waals surface area contributed by atoms with E-state index in [9.17, 15) is 4.79 Å². The van der Waals surface area contributed by atoms with Crippen molar-refractivity contribution in [2.75, 3.05) is 6.54 Å². The molecule has 3 nitrogen and oxygen atoms in total. The largest absolute Gasteiger partial charge is 0.355 e. The summed E-state index contributed by atoms with van der Waals surface area (Å²) in [7, 11) is 0. The van der Waals surface area contributed by atoms with E-state index in [0.717, 1.165) is 6.54 Å². The highest BCUT2D eigenvalue weighted by Gasteiger charge is 2.43. The van der Waals surface area contributed by atoms with Gasteiger partial charge in [-0.1, -0.05) is 6.92 Å². The Hall–Kier alpha value is -0.570. The maximum absolute atomic E-state index is 12.0. The standard InChI is InChI=1S/C12H24N2O/c1-10(2,11(3,4)13)9(15)14-8-12(5)6-7-12/h6-8,13H2,1-5H3,(H,14,15). The Morgan fingerprint density at radius 3 is 2.13 bits per heavy atom. The Kier molecular flexibility index (Phi) is 2.90. The second-order valence-corrected chi connectivity index (χ2v) is 6.34. The van der Waals surface area contributed by atoms with Crippen molar-refractivity contribution >= 4 is 5.91 Å². The maximum atomic E-state index is 12.0. The van der Waals surface area contributed by atoms with E-state index >= 15 is 0 Å². The lowest BCUT2D eigenvalue weighted by Gasteiger charge is -2.37. The first kappa shape index (κ1) is 12.5. The van der Waals surface area contributed by atoms with Crippen molar-refractivity contribution in [3.05, 3.63) is 0 Å². The lowest BCUT2D eigenvalue weighted by molar-refractivity contribution is -0.132. The van der Waals surface area contributed by atoms with E-state index in [2.05, 4.69) is 12.2 Å². The van der Waals surface area contributed by atoms with Crippen LogP contribution < -0.4 is 11.1 Å². The molecule has 1 fully saturated rings. The van der Waals surface area contributed by atoms with E-state index in [1.54, 1.807) is 0 Å². The second kappa shape index (κ2) is 3.48. The molecular weight excluding hydrogens is 188 g/mol. The highest BCUT2D eigenvalue weighted by Crippen LogP contribution is 2.44. The molecule has 1 saturated carbocycles. The maximum Gasteiger partial charge on any atom is 0.227 e. The summed E-state index contributed by atoms with van der Waals surface area (Å²) in [5.74, 6) is 0.0584. The minimum Gasteiger partial charge on any atom is -0.355 e. The topological polar surface area (TPSA) is 55.1 Å². The molecule has 0 aliphatic heterocycles. The first-order chi connectivity index (χ1) is 6.58. The Bertz CT molecular complexity index is 259. The van der Waals surface area contributed by atoms with Crippen LogP contribution in [0.2, 0.25) is 0 Å². The number of rotatable bonds is 4. The smallest absolute Gasteiger partial charge is 0.227 e. The predicted octanol–water partition coefficient (Wildman–Crippen LogP) is 1.67. The molecule has 0 bridgehead atoms. The Labute approximate surface area is 92.8 Å². The van der Waals surface area contributed by atoms with Crippen LogP contribution >= 0.6 is 0 Å². The van der Waals surface area contributed by atoms with Gasteiger partial charge in [-0.25, -0.2) is 0 Å². The molecule has 1 amide bonds. The summed E-state index contributed by atoms with van der Waals surface area (Å²) < 4.78 is 0. The molecule has 0 radical (unpaired) electrons. The average molecular weight is 212 g/mol. The van der Waals surface area contributed by atoms with Crippen molar-refractivity contribution < 1.29 is 4.79 Å². The average Bonchev–Trinajstić information content (AvgIpc) is 2.78. The van der Waals surface area contributed by atoms with Gasteiger partial charge in [0.2, 0.25) is 5.91 Å². The van der Waals surface area contributed by atoms with Crippen molar-refractivity contribution in [2.45, 2.75) is 53.0 Å². The molecule has 88 valence electrons. The number of hydrogen-bond donors (Lipinski definition) is 2. The fourth-order valence-corrected chi connectivity index (χ4v) is 1.20. The zero-order valence-electron chi connectivity index (χ0n) is 10.6. The number of amides is 1. The zero-order valence-corrected chi connectivity index (χ0v) is 10.6. The highest BCUT2D eigenvalue weighted by molar-refractivity contribution is 5.83. The van der Waals surface area contributed by atoms with E-state index in [-0.39, 0.29) is 5.91 Å². The van der Waals surface area contributed by atoms with Crippen LogP contribution in [0.4, 0.5) is 0 Å². The third kappa shape index (κ3) is 2.71. The summed E-state index contributed by atoms with van der Waals surface area (Å²) in [5, 5.41) is 3.01. The van der Waals surface area contributed by atoms with Gasteiger partial charge in [-0.3, -0.25) is 4.79 Å². The fraction of sp³-hybridized carbons (Fsp3) is 0.917. The minimum absolute atomic E-state index is 0.0584. The molecule has 0 unspecified atom stereocenters. The highest BCUT2D eigenvalue weighted by atomic mass is 16.2. The van der Waals surface area contributed by atoms with Crippen LogP contribution in [-0.2, 0) is 4.79 Å². The Balaban J connectivity index is 2.52. The van der Waals surface area contributed by atoms with E-state index in [1.165, 1.54) is 12.8 Å². The molecule has 1 aliphatic rings. The van der Waals surface area contributed by atoms with E-state index in [1.807, 2.05) is 27.7 Å². The molecule has 3 heteroatoms. The summed E-state index contributed by atoms with van der Waals surface area (Å²) in [4.78, 5) is 12.0. The number of carbonyl (C=O) groups excluding carboxylic acids is 1. The first-order valence-electron chi connectivity index (χ1n) is 5.66. The van der Waals surface area contributed by atoms with Crippen molar-refractivity contribution in [3.8, 4) is 0 Å². The normalized spacial score (nSPS) is 19.9. The molecule has 1 aliphatic carbocycles. The molecular formula is C12H24N2O. The van der Waals surface area contributed by atoms with E-state index in [4.69, 9.17) is 5.73 Å². The summed E-state index contributed by atoms with van der Waals surface area (Å²) >= 11 is 0. The molecule has 15 heavy (non-hydrogen) atoms. The predicted molar refractivity (Wildman–Crippen MR) is 62.4 cm³/mol. The lowest BCUT2D eigenvalue weighted by Crippen LogP contribution is -2.56. The van der Waals surface area contributed by atoms with Gasteiger partial charge in [-0.05, 0) is 46.0 Å². The van der Waals surface area contributed by atoms with Gasteiger partial charge in [0.1, 0.15) is 0 Å². The molecule has 0 spiro atoms. The number of nitrogens with two attached hydrogens (primary N) is 1. The van der Waals surface area contributed by atoms with Gasteiger partial charge >= 0.3 is 0 Å². The Morgan fingerprint density at radius 1 is 1.33 bits per heavy atom. The molecule has 0 aromatic rings. The van der Waals surface area contributed by atoms with Crippen LogP contribution in [0.15, 0.2) is 0 Å². The van der Waals surface area contributed by atoms with Crippen LogP contribution in [0.3, 0.4) is 0 Å². The number of hydrogen-bond acceptors (Lipinski definition) is 2. The van der Waals surface area contributed by atoms with Gasteiger partial charge in [0, 0.05) is 12.1 Å². The van der Waals surface area contributed by atoms with Gasteiger partial charge in [-0.2, -0.15) is 0 Å². The monoisotopic (exact) mass is 212 g/mol. The molecule has 0 aromatic heterocycles. The zero-order chi connectivity index (χ0) is 11.9. The van der Waals surface area contributed by atoms with Crippen LogP contribution in [-0.4, -0.2) is 18.0 Å². The molecule has 3 N–H and O–H groups in total. The quantitative estimate of drug-likeness (QED) is 0.744. The van der Waals surface area contributed by atoms with Crippen LogP contribution in [0, 0.1) is 10.8 Å². The molecule has 0 heterocycles. The molecule has 1 rings (SSSR count). The minimum atomic E-state index is -0.530. The molecule has 0 saturated heterocycles.